The Morgan fingerprint density at radius 2 is 1.78 bits per heavy atom. The molecule has 0 bridgehead atoms. The minimum atomic E-state index is -1.15. The highest BCUT2D eigenvalue weighted by molar-refractivity contribution is 7.84. The van der Waals surface area contributed by atoms with Crippen LogP contribution in [0.3, 0.4) is 0 Å². The Balaban J connectivity index is 2.72. The van der Waals surface area contributed by atoms with Crippen LogP contribution in [0.15, 0.2) is 12.7 Å². The SMILES string of the molecule is C=CCC1(NS(=O)C(C)(C)C)CCN(C(=O)OC(C)(C)C)CC1. The van der Waals surface area contributed by atoms with E-state index in [1.54, 1.807) is 4.90 Å². The Kier molecular flexibility index (Phi) is 6.44. The van der Waals surface area contributed by atoms with Crippen LogP contribution in [0.5, 0.6) is 0 Å². The van der Waals surface area contributed by atoms with Crippen molar-refractivity contribution >= 4 is 17.1 Å². The second-order valence-corrected chi connectivity index (χ2v) is 10.2. The summed E-state index contributed by atoms with van der Waals surface area (Å²) >= 11 is 0. The van der Waals surface area contributed by atoms with Gasteiger partial charge in [0.05, 0.1) is 15.7 Å². The maximum Gasteiger partial charge on any atom is 0.410 e. The van der Waals surface area contributed by atoms with E-state index in [2.05, 4.69) is 11.3 Å². The number of hydrogen-bond acceptors (Lipinski definition) is 3. The standard InChI is InChI=1S/C17H32N2O3S/c1-8-9-17(18-23(21)16(5,6)7)10-12-19(13-11-17)14(20)22-15(2,3)4/h8,18H,1,9-13H2,2-7H3. The molecule has 134 valence electrons. The molecule has 0 aromatic rings. The zero-order valence-electron chi connectivity index (χ0n) is 15.4. The lowest BCUT2D eigenvalue weighted by atomic mass is 9.85. The monoisotopic (exact) mass is 344 g/mol. The average molecular weight is 345 g/mol. The van der Waals surface area contributed by atoms with E-state index in [9.17, 15) is 9.00 Å². The first-order valence-electron chi connectivity index (χ1n) is 8.17. The van der Waals surface area contributed by atoms with Crippen LogP contribution in [0.1, 0.15) is 60.8 Å². The van der Waals surface area contributed by atoms with Gasteiger partial charge in [0.1, 0.15) is 5.60 Å². The van der Waals surface area contributed by atoms with Gasteiger partial charge in [-0.1, -0.05) is 6.08 Å². The lowest BCUT2D eigenvalue weighted by Gasteiger charge is -2.42. The molecule has 0 aliphatic carbocycles. The molecule has 1 saturated heterocycles. The fourth-order valence-electron chi connectivity index (χ4n) is 2.42. The van der Waals surface area contributed by atoms with Crippen molar-refractivity contribution in [2.75, 3.05) is 13.1 Å². The molecule has 1 aliphatic rings. The third-order valence-corrected chi connectivity index (χ3v) is 5.50. The van der Waals surface area contributed by atoms with Gasteiger partial charge in [-0.05, 0) is 60.8 Å². The zero-order chi connectivity index (χ0) is 17.9. The molecule has 1 N–H and O–H groups in total. The van der Waals surface area contributed by atoms with E-state index in [1.165, 1.54) is 0 Å². The highest BCUT2D eigenvalue weighted by Gasteiger charge is 2.39. The summed E-state index contributed by atoms with van der Waals surface area (Å²) < 4.78 is 20.9. The zero-order valence-corrected chi connectivity index (χ0v) is 16.2. The molecule has 6 heteroatoms. The fraction of sp³-hybridized carbons (Fsp3) is 0.824. The number of nitrogens with one attached hydrogen (secondary N) is 1. The number of amides is 1. The molecular formula is C17H32N2O3S. The molecule has 5 nitrogen and oxygen atoms in total. The van der Waals surface area contributed by atoms with E-state index in [4.69, 9.17) is 4.74 Å². The van der Waals surface area contributed by atoms with Gasteiger partial charge in [-0.3, -0.25) is 0 Å². The third-order valence-electron chi connectivity index (χ3n) is 3.77. The van der Waals surface area contributed by atoms with Crippen LogP contribution in [-0.4, -0.2) is 44.2 Å². The number of likely N-dealkylation sites (tertiary alicyclic amines) is 1. The summed E-state index contributed by atoms with van der Waals surface area (Å²) in [6.45, 7) is 16.5. The van der Waals surface area contributed by atoms with Gasteiger partial charge in [-0.2, -0.15) is 0 Å². The van der Waals surface area contributed by atoms with Crippen molar-refractivity contribution in [1.29, 1.82) is 0 Å². The van der Waals surface area contributed by atoms with E-state index in [-0.39, 0.29) is 16.4 Å². The summed E-state index contributed by atoms with van der Waals surface area (Å²) in [6, 6.07) is 0. The van der Waals surface area contributed by atoms with Crippen LogP contribution in [0.25, 0.3) is 0 Å². The van der Waals surface area contributed by atoms with E-state index in [0.717, 1.165) is 19.3 Å². The van der Waals surface area contributed by atoms with Gasteiger partial charge in [0, 0.05) is 18.6 Å². The Morgan fingerprint density at radius 3 is 2.17 bits per heavy atom. The van der Waals surface area contributed by atoms with Gasteiger partial charge in [-0.25, -0.2) is 13.7 Å². The normalized spacial score (nSPS) is 20.0. The fourth-order valence-corrected chi connectivity index (χ4v) is 3.40. The van der Waals surface area contributed by atoms with Crippen LogP contribution in [-0.2, 0) is 15.7 Å². The quantitative estimate of drug-likeness (QED) is 0.795. The molecule has 0 radical (unpaired) electrons. The van der Waals surface area contributed by atoms with E-state index in [1.807, 2.05) is 47.6 Å². The first-order valence-corrected chi connectivity index (χ1v) is 9.32. The molecule has 1 fully saturated rings. The van der Waals surface area contributed by atoms with Crippen molar-refractivity contribution in [1.82, 2.24) is 9.62 Å². The van der Waals surface area contributed by atoms with Crippen molar-refractivity contribution in [2.24, 2.45) is 0 Å². The number of nitrogens with zero attached hydrogens (tertiary/aromatic N) is 1. The molecule has 23 heavy (non-hydrogen) atoms. The van der Waals surface area contributed by atoms with Crippen LogP contribution >= 0.6 is 0 Å². The molecule has 0 aromatic carbocycles. The second-order valence-electron chi connectivity index (χ2n) is 8.22. The maximum atomic E-state index is 12.5. The Hall–Kier alpha value is -0.880. The summed E-state index contributed by atoms with van der Waals surface area (Å²) in [5.74, 6) is 0. The van der Waals surface area contributed by atoms with Crippen molar-refractivity contribution in [3.63, 3.8) is 0 Å². The summed E-state index contributed by atoms with van der Waals surface area (Å²) in [6.07, 6.45) is 3.79. The largest absolute Gasteiger partial charge is 0.444 e. The first-order chi connectivity index (χ1) is 10.4. The highest BCUT2D eigenvalue weighted by atomic mass is 32.2. The van der Waals surface area contributed by atoms with Crippen LogP contribution in [0.2, 0.25) is 0 Å². The number of carbonyl (C=O) groups is 1. The Labute approximate surface area is 143 Å². The summed E-state index contributed by atoms with van der Waals surface area (Å²) in [5.41, 5.74) is -0.753. The maximum absolute atomic E-state index is 12.5. The molecule has 0 aromatic heterocycles. The Bertz CT molecular complexity index is 455. The van der Waals surface area contributed by atoms with Crippen molar-refractivity contribution in [2.45, 2.75) is 76.7 Å². The lowest BCUT2D eigenvalue weighted by Crippen LogP contribution is -2.57. The smallest absolute Gasteiger partial charge is 0.410 e. The molecule has 1 rings (SSSR count). The lowest BCUT2D eigenvalue weighted by molar-refractivity contribution is 0.0162. The summed E-state index contributed by atoms with van der Waals surface area (Å²) in [5, 5.41) is 0. The molecule has 1 atom stereocenters. The van der Waals surface area contributed by atoms with Gasteiger partial charge < -0.3 is 9.64 Å². The van der Waals surface area contributed by atoms with E-state index < -0.39 is 16.6 Å². The van der Waals surface area contributed by atoms with Crippen molar-refractivity contribution < 1.29 is 13.7 Å². The third kappa shape index (κ3) is 6.26. The molecule has 0 saturated carbocycles. The number of ether oxygens (including phenoxy) is 1. The summed E-state index contributed by atoms with van der Waals surface area (Å²) in [7, 11) is -1.15. The summed E-state index contributed by atoms with van der Waals surface area (Å²) in [4.78, 5) is 13.9. The minimum Gasteiger partial charge on any atom is -0.444 e. The molecule has 1 unspecified atom stereocenters. The van der Waals surface area contributed by atoms with E-state index in [0.29, 0.717) is 13.1 Å². The van der Waals surface area contributed by atoms with Crippen LogP contribution in [0, 0.1) is 0 Å². The highest BCUT2D eigenvalue weighted by Crippen LogP contribution is 2.29. The predicted octanol–water partition coefficient (Wildman–Crippen LogP) is 3.38. The van der Waals surface area contributed by atoms with Gasteiger partial charge in [0.15, 0.2) is 0 Å². The average Bonchev–Trinajstić information content (AvgIpc) is 2.36. The molecule has 1 amide bonds. The predicted molar refractivity (Wildman–Crippen MR) is 95.6 cm³/mol. The van der Waals surface area contributed by atoms with Gasteiger partial charge in [0.2, 0.25) is 0 Å². The molecule has 1 aliphatic heterocycles. The first kappa shape index (κ1) is 20.2. The van der Waals surface area contributed by atoms with Crippen molar-refractivity contribution in [3.8, 4) is 0 Å². The number of carbonyl (C=O) groups excluding carboxylic acids is 1. The minimum absolute atomic E-state index is 0.265. The molecular weight excluding hydrogens is 312 g/mol. The van der Waals surface area contributed by atoms with E-state index >= 15 is 0 Å². The van der Waals surface area contributed by atoms with Crippen LogP contribution < -0.4 is 4.72 Å². The number of piperidine rings is 1. The van der Waals surface area contributed by atoms with Gasteiger partial charge in [0.25, 0.3) is 0 Å². The Morgan fingerprint density at radius 1 is 1.26 bits per heavy atom. The number of hydrogen-bond donors (Lipinski definition) is 1. The topological polar surface area (TPSA) is 58.6 Å². The van der Waals surface area contributed by atoms with Crippen molar-refractivity contribution in [3.05, 3.63) is 12.7 Å². The molecule has 1 heterocycles. The van der Waals surface area contributed by atoms with Crippen LogP contribution in [0.4, 0.5) is 4.79 Å². The van der Waals surface area contributed by atoms with Gasteiger partial charge in [-0.15, -0.1) is 6.58 Å². The number of rotatable bonds is 4. The second kappa shape index (κ2) is 7.34. The van der Waals surface area contributed by atoms with Gasteiger partial charge >= 0.3 is 6.09 Å². The molecule has 0 spiro atoms.